The van der Waals surface area contributed by atoms with Gasteiger partial charge in [0.05, 0.1) is 25.5 Å². The molecule has 1 fully saturated rings. The van der Waals surface area contributed by atoms with E-state index in [9.17, 15) is 24.3 Å². The van der Waals surface area contributed by atoms with Crippen LogP contribution in [-0.2, 0) is 20.8 Å². The van der Waals surface area contributed by atoms with Crippen molar-refractivity contribution in [2.75, 3.05) is 49.7 Å². The van der Waals surface area contributed by atoms with Crippen LogP contribution in [0.2, 0.25) is 0 Å². The third-order valence-electron chi connectivity index (χ3n) is 8.64. The van der Waals surface area contributed by atoms with E-state index < -0.39 is 29.6 Å². The molecule has 4 amide bonds. The summed E-state index contributed by atoms with van der Waals surface area (Å²) < 4.78 is 23.4. The normalized spacial score (nSPS) is 15.4. The molecule has 2 unspecified atom stereocenters. The predicted octanol–water partition coefficient (Wildman–Crippen LogP) is 5.57. The molecule has 1 saturated carbocycles. The number of primary amides is 1. The lowest BCUT2D eigenvalue weighted by atomic mass is 9.89. The molecule has 1 aliphatic rings. The lowest BCUT2D eigenvalue weighted by Crippen LogP contribution is -2.34. The maximum atomic E-state index is 13.1. The Labute approximate surface area is 315 Å². The fraction of sp³-hybridized carbons (Fsp3) is 0.595. The second-order valence-electron chi connectivity index (χ2n) is 15.3. The Kier molecular flexibility index (Phi) is 14.5. The highest BCUT2D eigenvalue weighted by Gasteiger charge is 2.46. The number of carbonyl (C=O) groups is 4. The molecule has 4 rings (SSSR count). The summed E-state index contributed by atoms with van der Waals surface area (Å²) in [6, 6.07) is 3.18. The van der Waals surface area contributed by atoms with E-state index in [1.807, 2.05) is 0 Å². The lowest BCUT2D eigenvalue weighted by molar-refractivity contribution is 0.0390. The first kappa shape index (κ1) is 41.7. The molecule has 0 radical (unpaired) electrons. The third kappa shape index (κ3) is 13.1. The van der Waals surface area contributed by atoms with Crippen LogP contribution in [0.15, 0.2) is 35.2 Å². The minimum atomic E-state index is -1.11. The molecule has 0 spiro atoms. The van der Waals surface area contributed by atoms with E-state index in [2.05, 4.69) is 46.5 Å². The number of amides is 4. The number of hydrogen-bond donors (Lipinski definition) is 4. The van der Waals surface area contributed by atoms with Gasteiger partial charge in [-0.1, -0.05) is 33.6 Å². The molecule has 0 aromatic carbocycles. The molecule has 3 aromatic rings. The van der Waals surface area contributed by atoms with Gasteiger partial charge in [0.2, 0.25) is 5.89 Å². The van der Waals surface area contributed by atoms with Crippen molar-refractivity contribution in [3.63, 3.8) is 0 Å². The van der Waals surface area contributed by atoms with Crippen LogP contribution in [-0.4, -0.2) is 94.0 Å². The summed E-state index contributed by atoms with van der Waals surface area (Å²) >= 11 is 0. The summed E-state index contributed by atoms with van der Waals surface area (Å²) in [5, 5.41) is 19.5. The smallest absolute Gasteiger partial charge is 0.413 e. The molecule has 0 bridgehead atoms. The minimum absolute atomic E-state index is 0.0587. The van der Waals surface area contributed by atoms with Gasteiger partial charge < -0.3 is 40.1 Å². The zero-order valence-corrected chi connectivity index (χ0v) is 32.1. The molecule has 17 nitrogen and oxygen atoms in total. The van der Waals surface area contributed by atoms with Gasteiger partial charge in [-0.3, -0.25) is 19.2 Å². The molecular weight excluding hydrogens is 700 g/mol. The molecule has 296 valence electrons. The highest BCUT2D eigenvalue weighted by Crippen LogP contribution is 2.51. The van der Waals surface area contributed by atoms with E-state index in [-0.39, 0.29) is 40.1 Å². The Morgan fingerprint density at radius 1 is 1.04 bits per heavy atom. The van der Waals surface area contributed by atoms with Crippen molar-refractivity contribution in [2.24, 2.45) is 23.0 Å². The van der Waals surface area contributed by atoms with Crippen molar-refractivity contribution >= 4 is 35.5 Å². The summed E-state index contributed by atoms with van der Waals surface area (Å²) in [6.45, 7) is 14.9. The fourth-order valence-electron chi connectivity index (χ4n) is 5.91. The van der Waals surface area contributed by atoms with Crippen LogP contribution in [0.1, 0.15) is 94.6 Å². The van der Waals surface area contributed by atoms with Crippen molar-refractivity contribution in [3.8, 4) is 11.5 Å². The standard InChI is InChI=1S/C37H54N8O9/c1-36(2,3)26-19-25(26)21-45(35(49)50)29-20-24(11-12-39-29)33-42-28(23-53-33)32(47)41-27-22-44(43-30(27)31(38)46)14-9-7-8-10-15-51-17-18-52-16-13-40-34(48)54-37(4,5)6/h11-12,20,22-23,25-26H,7-10,13-19,21H2,1-6H3,(H2,38,46)(H,40,48)(H,41,47)(H,49,50). The second-order valence-corrected chi connectivity index (χ2v) is 15.3. The molecule has 5 N–H and O–H groups in total. The number of nitrogens with zero attached hydrogens (tertiary/aromatic N) is 5. The van der Waals surface area contributed by atoms with Gasteiger partial charge in [-0.25, -0.2) is 19.6 Å². The maximum Gasteiger partial charge on any atom is 0.413 e. The van der Waals surface area contributed by atoms with E-state index in [0.717, 1.165) is 32.1 Å². The number of anilines is 2. The van der Waals surface area contributed by atoms with E-state index in [1.54, 1.807) is 43.8 Å². The molecule has 1 aliphatic carbocycles. The SMILES string of the molecule is CC(C)(C)OC(=O)NCCOCCOCCCCCCn1cc(NC(=O)c2coc(-c3ccnc(N(CC4CC4C(C)(C)C)C(=O)O)c3)n2)c(C(N)=O)n1. The number of nitrogens with one attached hydrogen (secondary N) is 2. The highest BCUT2D eigenvalue weighted by atomic mass is 16.6. The summed E-state index contributed by atoms with van der Waals surface area (Å²) in [5.41, 5.74) is 5.55. The monoisotopic (exact) mass is 754 g/mol. The maximum absolute atomic E-state index is 13.1. The second kappa shape index (κ2) is 18.8. The number of carbonyl (C=O) groups excluding carboxylic acids is 3. The molecule has 3 aromatic heterocycles. The van der Waals surface area contributed by atoms with Gasteiger partial charge in [-0.05, 0) is 69.4 Å². The van der Waals surface area contributed by atoms with Crippen molar-refractivity contribution in [3.05, 3.63) is 42.2 Å². The summed E-state index contributed by atoms with van der Waals surface area (Å²) in [4.78, 5) is 58.8. The fourth-order valence-corrected chi connectivity index (χ4v) is 5.91. The average Bonchev–Trinajstić information content (AvgIpc) is 3.51. The molecule has 2 atom stereocenters. The van der Waals surface area contributed by atoms with Crippen LogP contribution in [0.5, 0.6) is 0 Å². The van der Waals surface area contributed by atoms with Crippen molar-refractivity contribution in [1.82, 2.24) is 25.1 Å². The van der Waals surface area contributed by atoms with Crippen molar-refractivity contribution in [2.45, 2.75) is 85.8 Å². The van der Waals surface area contributed by atoms with Gasteiger partial charge in [0.1, 0.15) is 17.7 Å². The van der Waals surface area contributed by atoms with Crippen LogP contribution < -0.4 is 21.3 Å². The number of ether oxygens (including phenoxy) is 3. The third-order valence-corrected chi connectivity index (χ3v) is 8.64. The van der Waals surface area contributed by atoms with Gasteiger partial charge in [0.25, 0.3) is 11.8 Å². The molecular formula is C37H54N8O9. The number of unbranched alkanes of at least 4 members (excludes halogenated alkanes) is 3. The van der Waals surface area contributed by atoms with Crippen LogP contribution in [0.4, 0.5) is 21.1 Å². The Morgan fingerprint density at radius 3 is 2.43 bits per heavy atom. The number of carboxylic acid groups (broad SMARTS) is 1. The first-order valence-electron chi connectivity index (χ1n) is 18.2. The minimum Gasteiger partial charge on any atom is -0.465 e. The Hall–Kier alpha value is -5.03. The molecule has 17 heteroatoms. The zero-order chi connectivity index (χ0) is 39.5. The van der Waals surface area contributed by atoms with E-state index in [1.165, 1.54) is 17.4 Å². The topological polar surface area (TPSA) is 226 Å². The van der Waals surface area contributed by atoms with E-state index in [0.29, 0.717) is 57.5 Å². The molecule has 3 heterocycles. The molecule has 0 saturated heterocycles. The zero-order valence-electron chi connectivity index (χ0n) is 32.1. The summed E-state index contributed by atoms with van der Waals surface area (Å²) in [5.74, 6) is -0.420. The van der Waals surface area contributed by atoms with Gasteiger partial charge in [-0.2, -0.15) is 5.10 Å². The Bertz CT molecular complexity index is 1730. The number of hydrogen-bond acceptors (Lipinski definition) is 11. The van der Waals surface area contributed by atoms with Crippen LogP contribution in [0.25, 0.3) is 11.5 Å². The Morgan fingerprint density at radius 2 is 1.76 bits per heavy atom. The van der Waals surface area contributed by atoms with Crippen LogP contribution >= 0.6 is 0 Å². The highest BCUT2D eigenvalue weighted by molar-refractivity contribution is 6.07. The average molecular weight is 755 g/mol. The number of nitrogens with two attached hydrogens (primary N) is 1. The van der Waals surface area contributed by atoms with Crippen molar-refractivity contribution < 1.29 is 42.9 Å². The van der Waals surface area contributed by atoms with Crippen molar-refractivity contribution in [1.29, 1.82) is 0 Å². The summed E-state index contributed by atoms with van der Waals surface area (Å²) in [6.07, 6.45) is 7.02. The van der Waals surface area contributed by atoms with E-state index in [4.69, 9.17) is 24.4 Å². The number of pyridine rings is 1. The van der Waals surface area contributed by atoms with Gasteiger partial charge >= 0.3 is 12.2 Å². The quantitative estimate of drug-likeness (QED) is 0.104. The van der Waals surface area contributed by atoms with Crippen LogP contribution in [0.3, 0.4) is 0 Å². The number of aryl methyl sites for hydroxylation is 1. The van der Waals surface area contributed by atoms with Crippen LogP contribution in [0, 0.1) is 17.3 Å². The number of aromatic nitrogens is 4. The first-order chi connectivity index (χ1) is 25.5. The van der Waals surface area contributed by atoms with Gasteiger partial charge in [0.15, 0.2) is 11.4 Å². The first-order valence-corrected chi connectivity index (χ1v) is 18.2. The van der Waals surface area contributed by atoms with Gasteiger partial charge in [0, 0.05) is 44.2 Å². The Balaban J connectivity index is 1.18. The predicted molar refractivity (Wildman–Crippen MR) is 199 cm³/mol. The lowest BCUT2D eigenvalue weighted by Gasteiger charge is -2.22. The molecule has 54 heavy (non-hydrogen) atoms. The van der Waals surface area contributed by atoms with E-state index >= 15 is 0 Å². The largest absolute Gasteiger partial charge is 0.465 e. The number of oxazole rings is 1. The summed E-state index contributed by atoms with van der Waals surface area (Å²) in [7, 11) is 0. The number of alkyl carbamates (subject to hydrolysis) is 1. The van der Waals surface area contributed by atoms with Gasteiger partial charge in [-0.15, -0.1) is 0 Å². The number of rotatable bonds is 20. The molecule has 0 aliphatic heterocycles.